The molecule has 1 fully saturated rings. The van der Waals surface area contributed by atoms with Gasteiger partial charge in [-0.1, -0.05) is 42.5 Å². The molecule has 0 heterocycles. The predicted octanol–water partition coefficient (Wildman–Crippen LogP) is 5.17. The lowest BCUT2D eigenvalue weighted by atomic mass is 10.0. The van der Waals surface area contributed by atoms with Crippen LogP contribution in [0.4, 0.5) is 0 Å². The number of hydrogen-bond acceptors (Lipinski definition) is 2. The first kappa shape index (κ1) is 15.2. The molecule has 0 aliphatic heterocycles. The summed E-state index contributed by atoms with van der Waals surface area (Å²) in [4.78, 5) is 12.0. The molecule has 0 unspecified atom stereocenters. The third-order valence-electron chi connectivity index (χ3n) is 3.43. The summed E-state index contributed by atoms with van der Waals surface area (Å²) in [7, 11) is 0. The molecule has 104 valence electrons. The van der Waals surface area contributed by atoms with Crippen molar-refractivity contribution in [3.63, 3.8) is 0 Å². The van der Waals surface area contributed by atoms with Gasteiger partial charge in [0.1, 0.15) is 5.78 Å². The molecular formula is C15H18Cl2OS. The molecule has 1 aromatic rings. The number of halogens is 2. The second kappa shape index (κ2) is 7.56. The molecule has 2 rings (SSSR count). The molecule has 0 radical (unpaired) electrons. The van der Waals surface area contributed by atoms with Gasteiger partial charge >= 0.3 is 0 Å². The number of carbonyl (C=O) groups is 1. The fraction of sp³-hybridized carbons (Fsp3) is 0.533. The van der Waals surface area contributed by atoms with Gasteiger partial charge in [0.25, 0.3) is 0 Å². The van der Waals surface area contributed by atoms with Crippen molar-refractivity contribution in [3.05, 3.63) is 33.8 Å². The van der Waals surface area contributed by atoms with E-state index in [-0.39, 0.29) is 5.78 Å². The number of Topliss-reactive ketones (excluding diaryl/α,β-unsaturated/α-hetero) is 1. The second-order valence-corrected chi connectivity index (χ2v) is 7.15. The van der Waals surface area contributed by atoms with Gasteiger partial charge in [0.2, 0.25) is 0 Å². The molecule has 0 aromatic heterocycles. The van der Waals surface area contributed by atoms with Crippen LogP contribution in [-0.4, -0.2) is 16.8 Å². The standard InChI is InChI=1S/C15H18Cl2OS/c16-12-6-7-15(17)11(8-12)9-13(18)10-19-14-4-2-1-3-5-14/h6-8,14H,1-5,9-10H2. The molecule has 1 aromatic carbocycles. The molecule has 0 N–H and O–H groups in total. The van der Waals surface area contributed by atoms with Crippen molar-refractivity contribution in [2.75, 3.05) is 5.75 Å². The van der Waals surface area contributed by atoms with Crippen LogP contribution in [0.2, 0.25) is 10.0 Å². The fourth-order valence-corrected chi connectivity index (χ4v) is 3.95. The molecule has 0 atom stereocenters. The van der Waals surface area contributed by atoms with Crippen molar-refractivity contribution >= 4 is 40.7 Å². The van der Waals surface area contributed by atoms with Crippen molar-refractivity contribution in [3.8, 4) is 0 Å². The minimum Gasteiger partial charge on any atom is -0.298 e. The van der Waals surface area contributed by atoms with Crippen LogP contribution in [0.5, 0.6) is 0 Å². The highest BCUT2D eigenvalue weighted by molar-refractivity contribution is 8.00. The topological polar surface area (TPSA) is 17.1 Å². The Morgan fingerprint density at radius 2 is 1.95 bits per heavy atom. The van der Waals surface area contributed by atoms with Crippen LogP contribution in [0.1, 0.15) is 37.7 Å². The van der Waals surface area contributed by atoms with Crippen LogP contribution >= 0.6 is 35.0 Å². The first-order chi connectivity index (χ1) is 9.15. The van der Waals surface area contributed by atoms with Gasteiger partial charge in [-0.2, -0.15) is 11.8 Å². The normalized spacial score (nSPS) is 16.5. The van der Waals surface area contributed by atoms with Gasteiger partial charge in [0.15, 0.2) is 0 Å². The Morgan fingerprint density at radius 3 is 2.68 bits per heavy atom. The van der Waals surface area contributed by atoms with Crippen LogP contribution < -0.4 is 0 Å². The highest BCUT2D eigenvalue weighted by Crippen LogP contribution is 2.28. The van der Waals surface area contributed by atoms with E-state index in [1.807, 2.05) is 11.8 Å². The number of carbonyl (C=O) groups excluding carboxylic acids is 1. The molecule has 4 heteroatoms. The van der Waals surface area contributed by atoms with E-state index in [9.17, 15) is 4.79 Å². The molecule has 0 saturated heterocycles. The molecule has 1 aliphatic carbocycles. The number of rotatable bonds is 5. The van der Waals surface area contributed by atoms with Crippen LogP contribution in [-0.2, 0) is 11.2 Å². The van der Waals surface area contributed by atoms with E-state index in [2.05, 4.69) is 0 Å². The number of thioether (sulfide) groups is 1. The fourth-order valence-electron chi connectivity index (χ4n) is 2.38. The van der Waals surface area contributed by atoms with E-state index in [0.717, 1.165) is 5.56 Å². The van der Waals surface area contributed by atoms with Gasteiger partial charge in [0, 0.05) is 21.7 Å². The van der Waals surface area contributed by atoms with Crippen LogP contribution in [0.3, 0.4) is 0 Å². The van der Waals surface area contributed by atoms with Gasteiger partial charge in [0.05, 0.1) is 5.75 Å². The predicted molar refractivity (Wildman–Crippen MR) is 84.5 cm³/mol. The average Bonchev–Trinajstić information content (AvgIpc) is 2.42. The van der Waals surface area contributed by atoms with Gasteiger partial charge in [-0.05, 0) is 36.6 Å². The Balaban J connectivity index is 1.81. The summed E-state index contributed by atoms with van der Waals surface area (Å²) < 4.78 is 0. The zero-order valence-electron chi connectivity index (χ0n) is 10.8. The van der Waals surface area contributed by atoms with Crippen molar-refractivity contribution < 1.29 is 4.79 Å². The monoisotopic (exact) mass is 316 g/mol. The summed E-state index contributed by atoms with van der Waals surface area (Å²) in [6.07, 6.45) is 6.88. The summed E-state index contributed by atoms with van der Waals surface area (Å²) in [5.74, 6) is 0.827. The maximum absolute atomic E-state index is 12.0. The highest BCUT2D eigenvalue weighted by Gasteiger charge is 2.16. The first-order valence-corrected chi connectivity index (χ1v) is 8.53. The minimum atomic E-state index is 0.236. The molecule has 1 aliphatic rings. The summed E-state index contributed by atoms with van der Waals surface area (Å²) >= 11 is 13.8. The molecular weight excluding hydrogens is 299 g/mol. The van der Waals surface area contributed by atoms with Gasteiger partial charge in [-0.3, -0.25) is 4.79 Å². The summed E-state index contributed by atoms with van der Waals surface area (Å²) in [5.41, 5.74) is 0.836. The molecule has 19 heavy (non-hydrogen) atoms. The maximum Gasteiger partial charge on any atom is 0.147 e. The van der Waals surface area contributed by atoms with Gasteiger partial charge < -0.3 is 0 Å². The molecule has 0 spiro atoms. The van der Waals surface area contributed by atoms with Crippen molar-refractivity contribution in [2.24, 2.45) is 0 Å². The minimum absolute atomic E-state index is 0.236. The van der Waals surface area contributed by atoms with Gasteiger partial charge in [-0.15, -0.1) is 0 Å². The van der Waals surface area contributed by atoms with Crippen LogP contribution in [0, 0.1) is 0 Å². The smallest absolute Gasteiger partial charge is 0.147 e. The summed E-state index contributed by atoms with van der Waals surface area (Å²) in [5, 5.41) is 1.93. The molecule has 1 saturated carbocycles. The van der Waals surface area contributed by atoms with E-state index < -0.39 is 0 Å². The van der Waals surface area contributed by atoms with E-state index in [1.54, 1.807) is 18.2 Å². The summed E-state index contributed by atoms with van der Waals surface area (Å²) in [6, 6.07) is 5.28. The zero-order valence-corrected chi connectivity index (χ0v) is 13.2. The second-order valence-electron chi connectivity index (χ2n) is 5.02. The largest absolute Gasteiger partial charge is 0.298 e. The zero-order chi connectivity index (χ0) is 13.7. The number of ketones is 1. The van der Waals surface area contributed by atoms with Gasteiger partial charge in [-0.25, -0.2) is 0 Å². The molecule has 0 amide bonds. The Hall–Kier alpha value is -0.180. The van der Waals surface area contributed by atoms with Crippen LogP contribution in [0.15, 0.2) is 18.2 Å². The van der Waals surface area contributed by atoms with E-state index in [1.165, 1.54) is 32.1 Å². The lowest BCUT2D eigenvalue weighted by molar-refractivity contribution is -0.116. The molecule has 0 bridgehead atoms. The Labute approximate surface area is 129 Å². The third-order valence-corrected chi connectivity index (χ3v) is 5.46. The van der Waals surface area contributed by atoms with Crippen molar-refractivity contribution in [1.82, 2.24) is 0 Å². The maximum atomic E-state index is 12.0. The SMILES string of the molecule is O=C(CSC1CCCCC1)Cc1cc(Cl)ccc1Cl. The Bertz CT molecular complexity index is 442. The summed E-state index contributed by atoms with van der Waals surface area (Å²) in [6.45, 7) is 0. The number of benzene rings is 1. The van der Waals surface area contributed by atoms with Crippen LogP contribution in [0.25, 0.3) is 0 Å². The number of hydrogen-bond donors (Lipinski definition) is 0. The Kier molecular flexibility index (Phi) is 6.06. The lowest BCUT2D eigenvalue weighted by Gasteiger charge is -2.20. The molecule has 1 nitrogen and oxygen atoms in total. The quantitative estimate of drug-likeness (QED) is 0.745. The average molecular weight is 317 g/mol. The van der Waals surface area contributed by atoms with Crippen molar-refractivity contribution in [2.45, 2.75) is 43.8 Å². The van der Waals surface area contributed by atoms with Crippen molar-refractivity contribution in [1.29, 1.82) is 0 Å². The highest BCUT2D eigenvalue weighted by atomic mass is 35.5. The van der Waals surface area contributed by atoms with E-state index in [0.29, 0.717) is 27.5 Å². The van der Waals surface area contributed by atoms with E-state index >= 15 is 0 Å². The lowest BCUT2D eigenvalue weighted by Crippen LogP contribution is -2.13. The first-order valence-electron chi connectivity index (χ1n) is 6.72. The van der Waals surface area contributed by atoms with E-state index in [4.69, 9.17) is 23.2 Å². The third kappa shape index (κ3) is 5.02. The Morgan fingerprint density at radius 1 is 1.21 bits per heavy atom.